The molecule has 120 valence electrons. The first-order valence-electron chi connectivity index (χ1n) is 7.88. The van der Waals surface area contributed by atoms with Crippen molar-refractivity contribution in [1.82, 2.24) is 0 Å². The Balaban J connectivity index is 1.64. The molecule has 0 radical (unpaired) electrons. The molecule has 0 bridgehead atoms. The molecule has 0 atom stereocenters. The number of rotatable bonds is 5. The average Bonchev–Trinajstić information content (AvgIpc) is 2.64. The second-order valence-corrected chi connectivity index (χ2v) is 5.60. The van der Waals surface area contributed by atoms with Gasteiger partial charge in [-0.05, 0) is 47.4 Å². The van der Waals surface area contributed by atoms with Gasteiger partial charge in [-0.2, -0.15) is 0 Å². The van der Waals surface area contributed by atoms with Gasteiger partial charge in [-0.15, -0.1) is 0 Å². The monoisotopic (exact) mass is 317 g/mol. The van der Waals surface area contributed by atoms with Crippen LogP contribution in [0.25, 0.3) is 0 Å². The predicted molar refractivity (Wildman–Crippen MR) is 95.0 cm³/mol. The SMILES string of the molecule is NCc1ccc(C(=O)Oc2ccc(Cc3ccccc3)cc2)cc1. The van der Waals surface area contributed by atoms with Crippen molar-refractivity contribution in [3.8, 4) is 5.75 Å². The Bertz CT molecular complexity index is 794. The Morgan fingerprint density at radius 2 is 1.33 bits per heavy atom. The Morgan fingerprint density at radius 3 is 1.96 bits per heavy atom. The van der Waals surface area contributed by atoms with Gasteiger partial charge >= 0.3 is 5.97 Å². The van der Waals surface area contributed by atoms with Crippen LogP contribution in [0.2, 0.25) is 0 Å². The van der Waals surface area contributed by atoms with Gasteiger partial charge in [-0.3, -0.25) is 0 Å². The number of benzene rings is 3. The van der Waals surface area contributed by atoms with Crippen molar-refractivity contribution >= 4 is 5.97 Å². The standard InChI is InChI=1S/C21H19NO2/c22-15-18-6-10-19(11-7-18)21(23)24-20-12-8-17(9-13-20)14-16-4-2-1-3-5-16/h1-13H,14-15,22H2. The molecule has 24 heavy (non-hydrogen) atoms. The Kier molecular flexibility index (Phi) is 5.04. The van der Waals surface area contributed by atoms with Gasteiger partial charge in [-0.1, -0.05) is 54.6 Å². The van der Waals surface area contributed by atoms with Crippen molar-refractivity contribution in [1.29, 1.82) is 0 Å². The molecule has 0 aliphatic rings. The van der Waals surface area contributed by atoms with E-state index in [2.05, 4.69) is 12.1 Å². The van der Waals surface area contributed by atoms with Gasteiger partial charge < -0.3 is 10.5 Å². The van der Waals surface area contributed by atoms with Gasteiger partial charge in [0, 0.05) is 6.54 Å². The third-order valence-electron chi connectivity index (χ3n) is 3.81. The third kappa shape index (κ3) is 4.09. The Labute approximate surface area is 141 Å². The van der Waals surface area contributed by atoms with E-state index in [4.69, 9.17) is 10.5 Å². The van der Waals surface area contributed by atoms with Crippen LogP contribution in [0.1, 0.15) is 27.0 Å². The fraction of sp³-hybridized carbons (Fsp3) is 0.0952. The Hall–Kier alpha value is -2.91. The van der Waals surface area contributed by atoms with Crippen molar-refractivity contribution in [2.24, 2.45) is 5.73 Å². The summed E-state index contributed by atoms with van der Waals surface area (Å²) in [5.41, 5.74) is 9.48. The highest BCUT2D eigenvalue weighted by atomic mass is 16.5. The van der Waals surface area contributed by atoms with Gasteiger partial charge in [0.05, 0.1) is 5.56 Å². The summed E-state index contributed by atoms with van der Waals surface area (Å²) in [6.45, 7) is 0.457. The van der Waals surface area contributed by atoms with Crippen molar-refractivity contribution in [2.75, 3.05) is 0 Å². The predicted octanol–water partition coefficient (Wildman–Crippen LogP) is 3.96. The van der Waals surface area contributed by atoms with Crippen LogP contribution >= 0.6 is 0 Å². The maximum Gasteiger partial charge on any atom is 0.343 e. The summed E-state index contributed by atoms with van der Waals surface area (Å²) in [7, 11) is 0. The van der Waals surface area contributed by atoms with Crippen molar-refractivity contribution < 1.29 is 9.53 Å². The lowest BCUT2D eigenvalue weighted by Crippen LogP contribution is -2.08. The molecule has 0 heterocycles. The summed E-state index contributed by atoms with van der Waals surface area (Å²) < 4.78 is 5.41. The summed E-state index contributed by atoms with van der Waals surface area (Å²) in [6.07, 6.45) is 0.857. The molecule has 0 saturated heterocycles. The maximum atomic E-state index is 12.1. The zero-order valence-corrected chi connectivity index (χ0v) is 13.3. The molecular weight excluding hydrogens is 298 g/mol. The van der Waals surface area contributed by atoms with Crippen LogP contribution in [0.5, 0.6) is 5.75 Å². The first kappa shape index (κ1) is 16.0. The van der Waals surface area contributed by atoms with Crippen molar-refractivity contribution in [2.45, 2.75) is 13.0 Å². The summed E-state index contributed by atoms with van der Waals surface area (Å²) in [5.74, 6) is 0.175. The molecule has 0 fully saturated rings. The lowest BCUT2D eigenvalue weighted by molar-refractivity contribution is 0.0734. The van der Waals surface area contributed by atoms with E-state index >= 15 is 0 Å². The van der Waals surface area contributed by atoms with Crippen molar-refractivity contribution in [3.05, 3.63) is 101 Å². The third-order valence-corrected chi connectivity index (χ3v) is 3.81. The van der Waals surface area contributed by atoms with Crippen LogP contribution in [0, 0.1) is 0 Å². The molecule has 0 amide bonds. The summed E-state index contributed by atoms with van der Waals surface area (Å²) >= 11 is 0. The van der Waals surface area contributed by atoms with Crippen LogP contribution in [0.3, 0.4) is 0 Å². The molecule has 0 unspecified atom stereocenters. The second kappa shape index (κ2) is 7.57. The lowest BCUT2D eigenvalue weighted by Gasteiger charge is -2.07. The number of carbonyl (C=O) groups is 1. The number of nitrogens with two attached hydrogens (primary N) is 1. The van der Waals surface area contributed by atoms with E-state index in [1.807, 2.05) is 54.6 Å². The number of carbonyl (C=O) groups excluding carboxylic acids is 1. The number of hydrogen-bond donors (Lipinski definition) is 1. The van der Waals surface area contributed by atoms with Crippen LogP contribution in [0.4, 0.5) is 0 Å². The first-order chi connectivity index (χ1) is 11.7. The molecule has 3 heteroatoms. The molecular formula is C21H19NO2. The van der Waals surface area contributed by atoms with Crippen LogP contribution in [-0.4, -0.2) is 5.97 Å². The first-order valence-corrected chi connectivity index (χ1v) is 7.88. The fourth-order valence-electron chi connectivity index (χ4n) is 2.45. The van der Waals surface area contributed by atoms with Gasteiger partial charge in [0.25, 0.3) is 0 Å². The van der Waals surface area contributed by atoms with Crippen LogP contribution in [0.15, 0.2) is 78.9 Å². The smallest absolute Gasteiger partial charge is 0.343 e. The molecule has 3 aromatic rings. The van der Waals surface area contributed by atoms with E-state index in [1.165, 1.54) is 11.1 Å². The maximum absolute atomic E-state index is 12.1. The van der Waals surface area contributed by atoms with Crippen LogP contribution < -0.4 is 10.5 Å². The summed E-state index contributed by atoms with van der Waals surface area (Å²) in [5, 5.41) is 0. The van der Waals surface area contributed by atoms with Crippen molar-refractivity contribution in [3.63, 3.8) is 0 Å². The lowest BCUT2D eigenvalue weighted by atomic mass is 10.1. The largest absolute Gasteiger partial charge is 0.423 e. The quantitative estimate of drug-likeness (QED) is 0.572. The minimum atomic E-state index is -0.366. The molecule has 0 aromatic heterocycles. The number of hydrogen-bond acceptors (Lipinski definition) is 3. The highest BCUT2D eigenvalue weighted by molar-refractivity contribution is 5.91. The molecule has 0 aliphatic carbocycles. The average molecular weight is 317 g/mol. The molecule has 2 N–H and O–H groups in total. The molecule has 3 nitrogen and oxygen atoms in total. The highest BCUT2D eigenvalue weighted by Gasteiger charge is 2.08. The zero-order valence-electron chi connectivity index (χ0n) is 13.3. The van der Waals surface area contributed by atoms with E-state index in [0.717, 1.165) is 12.0 Å². The summed E-state index contributed by atoms with van der Waals surface area (Å²) in [4.78, 5) is 12.1. The van der Waals surface area contributed by atoms with E-state index in [0.29, 0.717) is 17.9 Å². The van der Waals surface area contributed by atoms with E-state index in [9.17, 15) is 4.79 Å². The highest BCUT2D eigenvalue weighted by Crippen LogP contribution is 2.17. The number of esters is 1. The molecule has 0 saturated carbocycles. The topological polar surface area (TPSA) is 52.3 Å². The molecule has 0 aliphatic heterocycles. The van der Waals surface area contributed by atoms with Gasteiger partial charge in [-0.25, -0.2) is 4.79 Å². The van der Waals surface area contributed by atoms with Gasteiger partial charge in [0.1, 0.15) is 5.75 Å². The van der Waals surface area contributed by atoms with Gasteiger partial charge in [0.15, 0.2) is 0 Å². The molecule has 3 rings (SSSR count). The number of ether oxygens (including phenoxy) is 1. The minimum Gasteiger partial charge on any atom is -0.423 e. The molecule has 0 spiro atoms. The Morgan fingerprint density at radius 1 is 0.750 bits per heavy atom. The van der Waals surface area contributed by atoms with E-state index in [-0.39, 0.29) is 5.97 Å². The van der Waals surface area contributed by atoms with E-state index in [1.54, 1.807) is 12.1 Å². The summed E-state index contributed by atoms with van der Waals surface area (Å²) in [6, 6.07) is 25.0. The minimum absolute atomic E-state index is 0.366. The van der Waals surface area contributed by atoms with Gasteiger partial charge in [0.2, 0.25) is 0 Å². The normalized spacial score (nSPS) is 10.4. The molecule has 3 aromatic carbocycles. The zero-order chi connectivity index (χ0) is 16.8. The van der Waals surface area contributed by atoms with Crippen LogP contribution in [-0.2, 0) is 13.0 Å². The fourth-order valence-corrected chi connectivity index (χ4v) is 2.45. The van der Waals surface area contributed by atoms with E-state index < -0.39 is 0 Å². The second-order valence-electron chi connectivity index (χ2n) is 5.60.